The van der Waals surface area contributed by atoms with Gasteiger partial charge < -0.3 is 10.1 Å². The van der Waals surface area contributed by atoms with E-state index in [0.717, 1.165) is 36.5 Å². The van der Waals surface area contributed by atoms with Crippen LogP contribution < -0.4 is 5.32 Å². The zero-order valence-electron chi connectivity index (χ0n) is 18.0. The summed E-state index contributed by atoms with van der Waals surface area (Å²) in [6.45, 7) is 9.08. The first-order chi connectivity index (χ1) is 12.8. The van der Waals surface area contributed by atoms with Crippen molar-refractivity contribution in [1.29, 1.82) is 0 Å². The van der Waals surface area contributed by atoms with Gasteiger partial charge in [0.15, 0.2) is 0 Å². The Morgan fingerprint density at radius 2 is 1.96 bits per heavy atom. The SMILES string of the molecule is CN[C@H](C)[C@H]1CC[C@H]2[C@H]3CC=C4C[C@@H](OC(C)=O)CC[C@]4(C)[C@@H]3CC[C@]12C. The molecule has 0 radical (unpaired) electrons. The van der Waals surface area contributed by atoms with Crippen molar-refractivity contribution in [1.82, 2.24) is 5.32 Å². The fraction of sp³-hybridized carbons (Fsp3) is 0.875. The smallest absolute Gasteiger partial charge is 0.302 e. The van der Waals surface area contributed by atoms with Gasteiger partial charge in [-0.3, -0.25) is 4.79 Å². The molecule has 0 spiro atoms. The minimum atomic E-state index is -0.123. The molecule has 152 valence electrons. The van der Waals surface area contributed by atoms with Crippen molar-refractivity contribution >= 4 is 5.97 Å². The predicted octanol–water partition coefficient (Wildman–Crippen LogP) is 5.11. The molecular weight excluding hydrogens is 334 g/mol. The zero-order valence-corrected chi connectivity index (χ0v) is 18.0. The maximum absolute atomic E-state index is 11.4. The number of allylic oxidation sites excluding steroid dienone is 1. The Balaban J connectivity index is 1.56. The van der Waals surface area contributed by atoms with E-state index in [1.807, 2.05) is 0 Å². The molecule has 4 aliphatic rings. The number of hydrogen-bond donors (Lipinski definition) is 1. The molecule has 3 fully saturated rings. The summed E-state index contributed by atoms with van der Waals surface area (Å²) in [4.78, 5) is 11.4. The second kappa shape index (κ2) is 6.90. The van der Waals surface area contributed by atoms with Crippen molar-refractivity contribution in [3.8, 4) is 0 Å². The van der Waals surface area contributed by atoms with Gasteiger partial charge in [0, 0.05) is 19.4 Å². The van der Waals surface area contributed by atoms with Gasteiger partial charge in [-0.15, -0.1) is 0 Å². The van der Waals surface area contributed by atoms with E-state index in [-0.39, 0.29) is 12.1 Å². The summed E-state index contributed by atoms with van der Waals surface area (Å²) in [6.07, 6.45) is 12.7. The molecule has 3 saturated carbocycles. The average molecular weight is 374 g/mol. The molecule has 3 nitrogen and oxygen atoms in total. The number of nitrogens with one attached hydrogen (secondary N) is 1. The number of rotatable bonds is 3. The molecule has 0 unspecified atom stereocenters. The van der Waals surface area contributed by atoms with Gasteiger partial charge in [0.1, 0.15) is 6.10 Å². The third kappa shape index (κ3) is 2.99. The lowest BCUT2D eigenvalue weighted by Crippen LogP contribution is -2.52. The first-order valence-corrected chi connectivity index (χ1v) is 11.3. The van der Waals surface area contributed by atoms with Crippen LogP contribution in [0.5, 0.6) is 0 Å². The quantitative estimate of drug-likeness (QED) is 0.552. The van der Waals surface area contributed by atoms with Gasteiger partial charge in [-0.2, -0.15) is 0 Å². The lowest BCUT2D eigenvalue weighted by atomic mass is 9.47. The first kappa shape index (κ1) is 19.5. The monoisotopic (exact) mass is 373 g/mol. The van der Waals surface area contributed by atoms with Gasteiger partial charge >= 0.3 is 5.97 Å². The molecular formula is C24H39NO2. The Labute approximate surface area is 165 Å². The average Bonchev–Trinajstić information content (AvgIpc) is 2.98. The molecule has 0 aromatic heterocycles. The fourth-order valence-corrected chi connectivity index (χ4v) is 8.03. The van der Waals surface area contributed by atoms with Crippen molar-refractivity contribution in [2.45, 2.75) is 91.2 Å². The van der Waals surface area contributed by atoms with E-state index < -0.39 is 0 Å². The van der Waals surface area contributed by atoms with Crippen molar-refractivity contribution in [3.05, 3.63) is 11.6 Å². The summed E-state index contributed by atoms with van der Waals surface area (Å²) in [6, 6.07) is 0.626. The second-order valence-corrected chi connectivity index (χ2v) is 10.5. The molecule has 3 heteroatoms. The van der Waals surface area contributed by atoms with E-state index >= 15 is 0 Å². The number of ether oxygens (including phenoxy) is 1. The maximum Gasteiger partial charge on any atom is 0.302 e. The predicted molar refractivity (Wildman–Crippen MR) is 109 cm³/mol. The molecule has 0 amide bonds. The lowest BCUT2D eigenvalue weighted by Gasteiger charge is -2.58. The summed E-state index contributed by atoms with van der Waals surface area (Å²) >= 11 is 0. The van der Waals surface area contributed by atoms with Gasteiger partial charge in [-0.1, -0.05) is 25.5 Å². The summed E-state index contributed by atoms with van der Waals surface area (Å²) in [5.41, 5.74) is 2.45. The maximum atomic E-state index is 11.4. The molecule has 1 N–H and O–H groups in total. The second-order valence-electron chi connectivity index (χ2n) is 10.5. The van der Waals surface area contributed by atoms with Crippen LogP contribution in [0.3, 0.4) is 0 Å². The van der Waals surface area contributed by atoms with Crippen LogP contribution in [0.1, 0.15) is 79.1 Å². The van der Waals surface area contributed by atoms with Crippen LogP contribution in [0.2, 0.25) is 0 Å². The van der Waals surface area contributed by atoms with Crippen LogP contribution in [0, 0.1) is 34.5 Å². The topological polar surface area (TPSA) is 38.3 Å². The Hall–Kier alpha value is -0.830. The highest BCUT2D eigenvalue weighted by atomic mass is 16.5. The third-order valence-corrected chi connectivity index (χ3v) is 9.52. The molecule has 0 aromatic carbocycles. The number of esters is 1. The molecule has 27 heavy (non-hydrogen) atoms. The van der Waals surface area contributed by atoms with Crippen LogP contribution in [0.25, 0.3) is 0 Å². The standard InChI is InChI=1S/C24H39NO2/c1-15(25-5)20-8-9-21-19-7-6-17-14-18(27-16(2)26)10-12-23(17,3)22(19)11-13-24(20,21)4/h6,15,18-22,25H,7-14H2,1-5H3/t15-,18+,19-,20-,21+,22-,23+,24-/m1/s1. The molecule has 0 bridgehead atoms. The Bertz CT molecular complexity index is 628. The van der Waals surface area contributed by atoms with Crippen LogP contribution in [0.15, 0.2) is 11.6 Å². The lowest BCUT2D eigenvalue weighted by molar-refractivity contribution is -0.148. The third-order valence-electron chi connectivity index (χ3n) is 9.52. The minimum Gasteiger partial charge on any atom is -0.462 e. The summed E-state index contributed by atoms with van der Waals surface area (Å²) in [5, 5.41) is 3.56. The summed E-state index contributed by atoms with van der Waals surface area (Å²) in [5.74, 6) is 3.28. The van der Waals surface area contributed by atoms with Gasteiger partial charge in [0.2, 0.25) is 0 Å². The largest absolute Gasteiger partial charge is 0.462 e. The van der Waals surface area contributed by atoms with Gasteiger partial charge in [-0.25, -0.2) is 0 Å². The van der Waals surface area contributed by atoms with Crippen molar-refractivity contribution in [3.63, 3.8) is 0 Å². The van der Waals surface area contributed by atoms with E-state index in [9.17, 15) is 4.79 Å². The van der Waals surface area contributed by atoms with Crippen molar-refractivity contribution in [2.75, 3.05) is 7.05 Å². The van der Waals surface area contributed by atoms with Crippen LogP contribution in [-0.2, 0) is 9.53 Å². The Kier molecular flexibility index (Phi) is 4.98. The van der Waals surface area contributed by atoms with E-state index in [0.29, 0.717) is 16.9 Å². The Morgan fingerprint density at radius 3 is 2.67 bits per heavy atom. The normalized spacial score (nSPS) is 47.3. The van der Waals surface area contributed by atoms with E-state index in [1.165, 1.54) is 38.5 Å². The summed E-state index contributed by atoms with van der Waals surface area (Å²) in [7, 11) is 2.13. The van der Waals surface area contributed by atoms with Crippen molar-refractivity contribution < 1.29 is 9.53 Å². The molecule has 0 aliphatic heterocycles. The van der Waals surface area contributed by atoms with Gasteiger partial charge in [0.25, 0.3) is 0 Å². The van der Waals surface area contributed by atoms with Crippen LogP contribution in [-0.4, -0.2) is 25.2 Å². The van der Waals surface area contributed by atoms with E-state index in [1.54, 1.807) is 12.5 Å². The number of carbonyl (C=O) groups excluding carboxylic acids is 1. The van der Waals surface area contributed by atoms with Gasteiger partial charge in [-0.05, 0) is 93.4 Å². The van der Waals surface area contributed by atoms with Crippen molar-refractivity contribution in [2.24, 2.45) is 34.5 Å². The number of fused-ring (bicyclic) bond motifs is 5. The highest BCUT2D eigenvalue weighted by Crippen LogP contribution is 2.66. The molecule has 0 heterocycles. The van der Waals surface area contributed by atoms with E-state index in [2.05, 4.69) is 39.2 Å². The number of carbonyl (C=O) groups is 1. The Morgan fingerprint density at radius 1 is 1.19 bits per heavy atom. The summed E-state index contributed by atoms with van der Waals surface area (Å²) < 4.78 is 5.57. The minimum absolute atomic E-state index is 0.111. The number of hydrogen-bond acceptors (Lipinski definition) is 3. The van der Waals surface area contributed by atoms with Gasteiger partial charge in [0.05, 0.1) is 0 Å². The molecule has 4 aliphatic carbocycles. The van der Waals surface area contributed by atoms with Crippen LogP contribution in [0.4, 0.5) is 0 Å². The highest BCUT2D eigenvalue weighted by molar-refractivity contribution is 5.66. The fourth-order valence-electron chi connectivity index (χ4n) is 8.03. The molecule has 4 rings (SSSR count). The molecule has 0 aromatic rings. The molecule has 8 atom stereocenters. The van der Waals surface area contributed by atoms with Crippen LogP contribution >= 0.6 is 0 Å². The highest BCUT2D eigenvalue weighted by Gasteiger charge is 2.59. The molecule has 0 saturated heterocycles. The first-order valence-electron chi connectivity index (χ1n) is 11.3. The van der Waals surface area contributed by atoms with E-state index in [4.69, 9.17) is 4.74 Å². The zero-order chi connectivity index (χ0) is 19.4.